The van der Waals surface area contributed by atoms with E-state index in [9.17, 15) is 9.59 Å². The molecule has 2 heterocycles. The molecule has 0 fully saturated rings. The highest BCUT2D eigenvalue weighted by Crippen LogP contribution is 2.15. The second-order valence-electron chi connectivity index (χ2n) is 4.53. The molecule has 0 aliphatic rings. The number of hydrogen-bond donors (Lipinski definition) is 1. The van der Waals surface area contributed by atoms with Crippen LogP contribution in [0.15, 0.2) is 40.8 Å². The topological polar surface area (TPSA) is 53.2 Å². The summed E-state index contributed by atoms with van der Waals surface area (Å²) in [5, 5.41) is 1.98. The van der Waals surface area contributed by atoms with Crippen molar-refractivity contribution in [2.24, 2.45) is 0 Å². The molecule has 0 aliphatic carbocycles. The van der Waals surface area contributed by atoms with Gasteiger partial charge in [-0.2, -0.15) is 0 Å². The fourth-order valence-corrected chi connectivity index (χ4v) is 2.50. The van der Waals surface area contributed by atoms with Gasteiger partial charge in [0.25, 0.3) is 5.91 Å². The van der Waals surface area contributed by atoms with Crippen molar-refractivity contribution in [1.82, 2.24) is 9.88 Å². The van der Waals surface area contributed by atoms with Crippen LogP contribution in [-0.2, 0) is 6.54 Å². The average molecular weight is 276 g/mol. The largest absolute Gasteiger partial charge is 0.367 e. The van der Waals surface area contributed by atoms with Gasteiger partial charge >= 0.3 is 0 Å². The van der Waals surface area contributed by atoms with E-state index in [-0.39, 0.29) is 22.9 Å². The average Bonchev–Trinajstić information content (AvgIpc) is 2.88. The molecule has 0 radical (unpaired) electrons. The smallest absolute Gasteiger partial charge is 0.259 e. The van der Waals surface area contributed by atoms with Gasteiger partial charge in [0.05, 0.1) is 6.54 Å². The maximum atomic E-state index is 12.4. The normalized spacial score (nSPS) is 10.7. The number of hydrogen-bond acceptors (Lipinski definition) is 3. The first-order valence-corrected chi connectivity index (χ1v) is 6.98. The Bertz CT molecular complexity index is 602. The molecule has 0 saturated heterocycles. The zero-order chi connectivity index (χ0) is 13.8. The number of nitrogens with one attached hydrogen (secondary N) is 1. The van der Waals surface area contributed by atoms with Crippen LogP contribution < -0.4 is 5.43 Å². The van der Waals surface area contributed by atoms with Gasteiger partial charge in [-0.1, -0.05) is 6.07 Å². The second kappa shape index (κ2) is 5.84. The van der Waals surface area contributed by atoms with Crippen LogP contribution in [0.1, 0.15) is 29.1 Å². The number of aromatic amines is 1. The Morgan fingerprint density at radius 2 is 2.21 bits per heavy atom. The van der Waals surface area contributed by atoms with Crippen molar-refractivity contribution in [2.75, 3.05) is 0 Å². The predicted octanol–water partition coefficient (Wildman–Crippen LogP) is 2.49. The maximum absolute atomic E-state index is 12.4. The van der Waals surface area contributed by atoms with Crippen LogP contribution >= 0.6 is 11.3 Å². The van der Waals surface area contributed by atoms with Crippen molar-refractivity contribution in [3.63, 3.8) is 0 Å². The molecular formula is C14H16N2O2S. The molecule has 5 heteroatoms. The summed E-state index contributed by atoms with van der Waals surface area (Å²) in [5.41, 5.74) is -0.0617. The van der Waals surface area contributed by atoms with Gasteiger partial charge in [-0.25, -0.2) is 0 Å². The fourth-order valence-electron chi connectivity index (χ4n) is 1.80. The van der Waals surface area contributed by atoms with E-state index in [1.54, 1.807) is 16.2 Å². The van der Waals surface area contributed by atoms with Crippen molar-refractivity contribution in [1.29, 1.82) is 0 Å². The first-order valence-electron chi connectivity index (χ1n) is 6.10. The van der Waals surface area contributed by atoms with Crippen LogP contribution in [0.3, 0.4) is 0 Å². The van der Waals surface area contributed by atoms with Crippen molar-refractivity contribution < 1.29 is 4.79 Å². The van der Waals surface area contributed by atoms with Crippen molar-refractivity contribution in [3.8, 4) is 0 Å². The van der Waals surface area contributed by atoms with Crippen LogP contribution in [0, 0.1) is 0 Å². The summed E-state index contributed by atoms with van der Waals surface area (Å²) < 4.78 is 0. The number of carbonyl (C=O) groups is 1. The first-order chi connectivity index (χ1) is 9.09. The van der Waals surface area contributed by atoms with Crippen molar-refractivity contribution in [2.45, 2.75) is 26.4 Å². The van der Waals surface area contributed by atoms with Crippen molar-refractivity contribution >= 4 is 17.2 Å². The summed E-state index contributed by atoms with van der Waals surface area (Å²) in [6.45, 7) is 4.42. The molecule has 1 amide bonds. The van der Waals surface area contributed by atoms with Gasteiger partial charge in [0, 0.05) is 29.4 Å². The minimum absolute atomic E-state index is 0.0363. The summed E-state index contributed by atoms with van der Waals surface area (Å²) in [4.78, 5) is 29.8. The molecule has 0 atom stereocenters. The molecule has 2 aromatic rings. The number of pyridine rings is 1. The van der Waals surface area contributed by atoms with Gasteiger partial charge in [0.2, 0.25) is 0 Å². The van der Waals surface area contributed by atoms with E-state index >= 15 is 0 Å². The molecule has 0 aromatic carbocycles. The standard InChI is InChI=1S/C14H16N2O2S/c1-10(2)16(9-11-4-3-7-19-11)14(18)12-8-15-6-5-13(12)17/h3-8,10H,9H2,1-2H3,(H,15,17). The van der Waals surface area contributed by atoms with Gasteiger partial charge in [-0.15, -0.1) is 11.3 Å². The number of aromatic nitrogens is 1. The molecule has 2 aromatic heterocycles. The third-order valence-corrected chi connectivity index (χ3v) is 3.71. The lowest BCUT2D eigenvalue weighted by Gasteiger charge is -2.26. The van der Waals surface area contributed by atoms with Gasteiger partial charge < -0.3 is 9.88 Å². The van der Waals surface area contributed by atoms with Crippen LogP contribution in [0.5, 0.6) is 0 Å². The summed E-state index contributed by atoms with van der Waals surface area (Å²) in [7, 11) is 0. The second-order valence-corrected chi connectivity index (χ2v) is 5.56. The Hall–Kier alpha value is -1.88. The lowest BCUT2D eigenvalue weighted by atomic mass is 10.2. The zero-order valence-electron chi connectivity index (χ0n) is 10.9. The molecule has 100 valence electrons. The molecular weight excluding hydrogens is 260 g/mol. The molecule has 19 heavy (non-hydrogen) atoms. The van der Waals surface area contributed by atoms with Gasteiger partial charge in [0.1, 0.15) is 5.56 Å². The zero-order valence-corrected chi connectivity index (χ0v) is 11.7. The van der Waals surface area contributed by atoms with E-state index in [1.165, 1.54) is 18.5 Å². The maximum Gasteiger partial charge on any atom is 0.259 e. The Kier molecular flexibility index (Phi) is 4.16. The summed E-state index contributed by atoms with van der Waals surface area (Å²) >= 11 is 1.61. The third-order valence-electron chi connectivity index (χ3n) is 2.84. The minimum atomic E-state index is -0.249. The van der Waals surface area contributed by atoms with E-state index in [2.05, 4.69) is 4.98 Å². The molecule has 0 saturated carbocycles. The lowest BCUT2D eigenvalue weighted by molar-refractivity contribution is 0.0690. The van der Waals surface area contributed by atoms with E-state index in [1.807, 2.05) is 31.4 Å². The monoisotopic (exact) mass is 276 g/mol. The Morgan fingerprint density at radius 3 is 2.79 bits per heavy atom. The first kappa shape index (κ1) is 13.5. The molecule has 4 nitrogen and oxygen atoms in total. The lowest BCUT2D eigenvalue weighted by Crippen LogP contribution is -2.38. The van der Waals surface area contributed by atoms with E-state index in [0.29, 0.717) is 6.54 Å². The fraction of sp³-hybridized carbons (Fsp3) is 0.286. The summed E-state index contributed by atoms with van der Waals surface area (Å²) in [6.07, 6.45) is 2.99. The summed E-state index contributed by atoms with van der Waals surface area (Å²) in [6, 6.07) is 5.35. The highest BCUT2D eigenvalue weighted by atomic mass is 32.1. The van der Waals surface area contributed by atoms with E-state index in [0.717, 1.165) is 4.88 Å². The number of H-pyrrole nitrogens is 1. The van der Waals surface area contributed by atoms with Gasteiger partial charge in [-0.05, 0) is 25.3 Å². The number of carbonyl (C=O) groups excluding carboxylic acids is 1. The Balaban J connectivity index is 2.27. The van der Waals surface area contributed by atoms with E-state index < -0.39 is 0 Å². The molecule has 0 aliphatic heterocycles. The Morgan fingerprint density at radius 1 is 1.42 bits per heavy atom. The molecule has 0 spiro atoms. The molecule has 1 N–H and O–H groups in total. The number of thiophene rings is 1. The molecule has 0 bridgehead atoms. The van der Waals surface area contributed by atoms with Crippen molar-refractivity contribution in [3.05, 3.63) is 56.6 Å². The highest BCUT2D eigenvalue weighted by Gasteiger charge is 2.21. The van der Waals surface area contributed by atoms with E-state index in [4.69, 9.17) is 0 Å². The van der Waals surface area contributed by atoms with Gasteiger partial charge in [0.15, 0.2) is 5.43 Å². The van der Waals surface area contributed by atoms with Gasteiger partial charge in [-0.3, -0.25) is 9.59 Å². The number of nitrogens with zero attached hydrogens (tertiary/aromatic N) is 1. The van der Waals surface area contributed by atoms with Crippen LogP contribution in [0.25, 0.3) is 0 Å². The molecule has 2 rings (SSSR count). The molecule has 0 unspecified atom stereocenters. The minimum Gasteiger partial charge on any atom is -0.367 e. The van der Waals surface area contributed by atoms with Crippen LogP contribution in [0.2, 0.25) is 0 Å². The summed E-state index contributed by atoms with van der Waals surface area (Å²) in [5.74, 6) is -0.231. The predicted molar refractivity (Wildman–Crippen MR) is 76.4 cm³/mol. The number of amides is 1. The quantitative estimate of drug-likeness (QED) is 0.932. The Labute approximate surface area is 115 Å². The van der Waals surface area contributed by atoms with Crippen LogP contribution in [0.4, 0.5) is 0 Å². The third kappa shape index (κ3) is 3.12. The SMILES string of the molecule is CC(C)N(Cc1cccs1)C(=O)c1c[nH]ccc1=O. The van der Waals surface area contributed by atoms with Crippen LogP contribution in [-0.4, -0.2) is 21.8 Å². The highest BCUT2D eigenvalue weighted by molar-refractivity contribution is 7.09. The number of rotatable bonds is 4.